The van der Waals surface area contributed by atoms with Crippen molar-refractivity contribution in [2.75, 3.05) is 24.4 Å². The summed E-state index contributed by atoms with van der Waals surface area (Å²) in [6.07, 6.45) is 0.418. The molecule has 4 rings (SSSR count). The summed E-state index contributed by atoms with van der Waals surface area (Å²) in [5, 5.41) is 3.59. The van der Waals surface area contributed by atoms with E-state index in [0.717, 1.165) is 11.8 Å². The molecule has 1 aliphatic rings. The van der Waals surface area contributed by atoms with Gasteiger partial charge in [-0.3, -0.25) is 14.2 Å². The summed E-state index contributed by atoms with van der Waals surface area (Å²) in [7, 11) is -1.53. The summed E-state index contributed by atoms with van der Waals surface area (Å²) >= 11 is 1.13. The predicted molar refractivity (Wildman–Crippen MR) is 120 cm³/mol. The summed E-state index contributed by atoms with van der Waals surface area (Å²) in [5.41, 5.74) is 0.868. The van der Waals surface area contributed by atoms with Gasteiger partial charge in [-0.25, -0.2) is 13.4 Å². The van der Waals surface area contributed by atoms with Crippen LogP contribution in [0.5, 0.6) is 5.75 Å². The van der Waals surface area contributed by atoms with Crippen LogP contribution in [0.15, 0.2) is 58.5 Å². The second kappa shape index (κ2) is 8.72. The fourth-order valence-corrected chi connectivity index (χ4v) is 5.99. The number of methoxy groups -OCH3 is 1. The molecule has 2 heterocycles. The van der Waals surface area contributed by atoms with Gasteiger partial charge in [0.1, 0.15) is 5.75 Å². The van der Waals surface area contributed by atoms with Crippen molar-refractivity contribution < 1.29 is 17.9 Å². The Balaban J connectivity index is 1.64. The minimum atomic E-state index is -3.08. The molecule has 0 unspecified atom stereocenters. The molecule has 10 heteroatoms. The largest absolute Gasteiger partial charge is 0.497 e. The summed E-state index contributed by atoms with van der Waals surface area (Å²) < 4.78 is 29.9. The molecule has 31 heavy (non-hydrogen) atoms. The highest BCUT2D eigenvalue weighted by atomic mass is 32.2. The fourth-order valence-electron chi connectivity index (χ4n) is 3.49. The lowest BCUT2D eigenvalue weighted by atomic mass is 10.2. The number of hydrogen-bond acceptors (Lipinski definition) is 7. The molecule has 8 nitrogen and oxygen atoms in total. The van der Waals surface area contributed by atoms with Gasteiger partial charge in [-0.2, -0.15) is 0 Å². The third-order valence-electron chi connectivity index (χ3n) is 4.99. The molecule has 162 valence electrons. The average molecular weight is 460 g/mol. The molecule has 1 saturated heterocycles. The minimum Gasteiger partial charge on any atom is -0.497 e. The number of sulfone groups is 1. The highest BCUT2D eigenvalue weighted by Gasteiger charge is 2.29. The van der Waals surface area contributed by atoms with Gasteiger partial charge in [0.25, 0.3) is 5.56 Å². The maximum atomic E-state index is 13.2. The smallest absolute Gasteiger partial charge is 0.266 e. The van der Waals surface area contributed by atoms with Crippen LogP contribution in [0.4, 0.5) is 0 Å². The number of carbonyl (C=O) groups excluding carboxylic acids is 1. The SMILES string of the molecule is COc1cccc(-n2c(SCC(=O)N[C@H]3CCS(=O)(=O)C3)nc3ccccc3c2=O)c1. The van der Waals surface area contributed by atoms with Gasteiger partial charge < -0.3 is 10.1 Å². The van der Waals surface area contributed by atoms with Gasteiger partial charge in [0.05, 0.1) is 41.0 Å². The normalized spacial score (nSPS) is 17.5. The van der Waals surface area contributed by atoms with Crippen LogP contribution in [-0.4, -0.2) is 54.3 Å². The molecule has 0 bridgehead atoms. The quantitative estimate of drug-likeness (QED) is 0.442. The van der Waals surface area contributed by atoms with Crippen molar-refractivity contribution in [1.29, 1.82) is 0 Å². The standard InChI is InChI=1S/C21H21N3O5S2/c1-29-16-6-4-5-15(11-16)24-20(26)17-7-2-3-8-18(17)23-21(24)30-12-19(25)22-14-9-10-31(27,28)13-14/h2-8,11,14H,9-10,12-13H2,1H3,(H,22,25)/t14-/m0/s1. The molecule has 0 aliphatic carbocycles. The number of nitrogens with one attached hydrogen (secondary N) is 1. The van der Waals surface area contributed by atoms with Crippen LogP contribution < -0.4 is 15.6 Å². The molecule has 1 amide bonds. The maximum Gasteiger partial charge on any atom is 0.266 e. The van der Waals surface area contributed by atoms with Crippen molar-refractivity contribution in [1.82, 2.24) is 14.9 Å². The Morgan fingerprint density at radius 2 is 2.06 bits per heavy atom. The van der Waals surface area contributed by atoms with E-state index < -0.39 is 9.84 Å². The van der Waals surface area contributed by atoms with E-state index in [9.17, 15) is 18.0 Å². The molecule has 1 aromatic heterocycles. The molecule has 3 aromatic rings. The van der Waals surface area contributed by atoms with Crippen molar-refractivity contribution in [2.24, 2.45) is 0 Å². The van der Waals surface area contributed by atoms with E-state index in [-0.39, 0.29) is 34.8 Å². The molecule has 1 N–H and O–H groups in total. The Kier molecular flexibility index (Phi) is 6.01. The number of fused-ring (bicyclic) bond motifs is 1. The number of rotatable bonds is 6. The van der Waals surface area contributed by atoms with E-state index in [1.165, 1.54) is 4.57 Å². The number of hydrogen-bond donors (Lipinski definition) is 1. The van der Waals surface area contributed by atoms with Gasteiger partial charge in [-0.05, 0) is 30.7 Å². The fraction of sp³-hybridized carbons (Fsp3) is 0.286. The van der Waals surface area contributed by atoms with E-state index in [4.69, 9.17) is 4.74 Å². The first-order valence-corrected chi connectivity index (χ1v) is 12.5. The van der Waals surface area contributed by atoms with Crippen LogP contribution in [0.25, 0.3) is 16.6 Å². The van der Waals surface area contributed by atoms with E-state index >= 15 is 0 Å². The van der Waals surface area contributed by atoms with E-state index in [2.05, 4.69) is 10.3 Å². The second-order valence-corrected chi connectivity index (χ2v) is 10.4. The van der Waals surface area contributed by atoms with Gasteiger partial charge in [-0.1, -0.05) is 30.0 Å². The summed E-state index contributed by atoms with van der Waals surface area (Å²) in [4.78, 5) is 30.3. The number of aromatic nitrogens is 2. The van der Waals surface area contributed by atoms with Gasteiger partial charge in [0.2, 0.25) is 5.91 Å². The second-order valence-electron chi connectivity index (χ2n) is 7.21. The van der Waals surface area contributed by atoms with Gasteiger partial charge in [-0.15, -0.1) is 0 Å². The van der Waals surface area contributed by atoms with Gasteiger partial charge in [0.15, 0.2) is 15.0 Å². The summed E-state index contributed by atoms with van der Waals surface area (Å²) in [5.74, 6) is 0.352. The van der Waals surface area contributed by atoms with Crippen LogP contribution in [-0.2, 0) is 14.6 Å². The molecular weight excluding hydrogens is 438 g/mol. The highest BCUT2D eigenvalue weighted by molar-refractivity contribution is 7.99. The predicted octanol–water partition coefficient (Wildman–Crippen LogP) is 1.79. The first kappa shape index (κ1) is 21.4. The van der Waals surface area contributed by atoms with Crippen molar-refractivity contribution in [3.63, 3.8) is 0 Å². The molecule has 0 saturated carbocycles. The summed E-state index contributed by atoms with van der Waals surface area (Å²) in [6, 6.07) is 13.7. The molecular formula is C21H21N3O5S2. The number of para-hydroxylation sites is 1. The van der Waals surface area contributed by atoms with Crippen LogP contribution in [0.2, 0.25) is 0 Å². The molecule has 0 radical (unpaired) electrons. The highest BCUT2D eigenvalue weighted by Crippen LogP contribution is 2.23. The van der Waals surface area contributed by atoms with Gasteiger partial charge in [0, 0.05) is 12.1 Å². The maximum absolute atomic E-state index is 13.2. The Morgan fingerprint density at radius 3 is 2.81 bits per heavy atom. The van der Waals surface area contributed by atoms with E-state index in [1.807, 2.05) is 0 Å². The average Bonchev–Trinajstić information content (AvgIpc) is 3.10. The Hall–Kier alpha value is -2.85. The molecule has 0 spiro atoms. The van der Waals surface area contributed by atoms with Crippen LogP contribution in [0, 0.1) is 0 Å². The number of thioether (sulfide) groups is 1. The molecule has 2 aromatic carbocycles. The topological polar surface area (TPSA) is 107 Å². The lowest BCUT2D eigenvalue weighted by Gasteiger charge is -2.15. The number of amides is 1. The Bertz CT molecular complexity index is 1300. The third-order valence-corrected chi connectivity index (χ3v) is 7.69. The van der Waals surface area contributed by atoms with E-state index in [0.29, 0.717) is 33.9 Å². The first-order chi connectivity index (χ1) is 14.9. The zero-order chi connectivity index (χ0) is 22.0. The number of carbonyl (C=O) groups is 1. The van der Waals surface area contributed by atoms with Crippen LogP contribution in [0.1, 0.15) is 6.42 Å². The number of nitrogens with zero attached hydrogens (tertiary/aromatic N) is 2. The Labute approximate surface area is 183 Å². The van der Waals surface area contributed by atoms with Crippen LogP contribution >= 0.6 is 11.8 Å². The van der Waals surface area contributed by atoms with Gasteiger partial charge >= 0.3 is 0 Å². The lowest BCUT2D eigenvalue weighted by Crippen LogP contribution is -2.36. The first-order valence-electron chi connectivity index (χ1n) is 9.65. The Morgan fingerprint density at radius 1 is 1.26 bits per heavy atom. The van der Waals surface area contributed by atoms with Crippen molar-refractivity contribution in [3.8, 4) is 11.4 Å². The van der Waals surface area contributed by atoms with Crippen LogP contribution in [0.3, 0.4) is 0 Å². The number of ether oxygens (including phenoxy) is 1. The summed E-state index contributed by atoms with van der Waals surface area (Å²) in [6.45, 7) is 0. The third kappa shape index (κ3) is 4.75. The number of benzene rings is 2. The lowest BCUT2D eigenvalue weighted by molar-refractivity contribution is -0.119. The molecule has 1 aliphatic heterocycles. The van der Waals surface area contributed by atoms with Crippen molar-refractivity contribution in [2.45, 2.75) is 17.6 Å². The zero-order valence-corrected chi connectivity index (χ0v) is 18.4. The zero-order valence-electron chi connectivity index (χ0n) is 16.8. The monoisotopic (exact) mass is 459 g/mol. The van der Waals surface area contributed by atoms with Crippen molar-refractivity contribution in [3.05, 3.63) is 58.9 Å². The van der Waals surface area contributed by atoms with Crippen molar-refractivity contribution >= 4 is 38.4 Å². The van der Waals surface area contributed by atoms with E-state index in [1.54, 1.807) is 55.6 Å². The molecule has 1 fully saturated rings. The molecule has 1 atom stereocenters. The minimum absolute atomic E-state index is 0.00525.